The minimum atomic E-state index is -0.660. The van der Waals surface area contributed by atoms with E-state index in [9.17, 15) is 9.90 Å². The second kappa shape index (κ2) is 6.16. The summed E-state index contributed by atoms with van der Waals surface area (Å²) in [5.74, 6) is 0.142. The predicted molar refractivity (Wildman–Crippen MR) is 92.3 cm³/mol. The molecule has 4 nitrogen and oxygen atoms in total. The van der Waals surface area contributed by atoms with Crippen molar-refractivity contribution >= 4 is 50.7 Å². The first-order valence-corrected chi connectivity index (χ1v) is 7.74. The molecule has 0 radical (unpaired) electrons. The van der Waals surface area contributed by atoms with Crippen molar-refractivity contribution < 1.29 is 5.11 Å². The molecule has 6 heteroatoms. The molecular weight excluding hydrogens is 323 g/mol. The van der Waals surface area contributed by atoms with Gasteiger partial charge in [0.05, 0.1) is 33.7 Å². The number of H-pyrrole nitrogens is 1. The molecule has 0 spiro atoms. The van der Waals surface area contributed by atoms with Crippen LogP contribution in [0.25, 0.3) is 21.8 Å². The van der Waals surface area contributed by atoms with E-state index in [2.05, 4.69) is 10.3 Å². The highest BCUT2D eigenvalue weighted by atomic mass is 35.5. The van der Waals surface area contributed by atoms with E-state index in [4.69, 9.17) is 23.2 Å². The molecule has 0 aliphatic rings. The molecule has 0 saturated heterocycles. The number of hydrogen-bond donors (Lipinski definition) is 3. The number of hydrogen-bond acceptors (Lipinski definition) is 3. The Hall–Kier alpha value is -1.75. The smallest absolute Gasteiger partial charge is 0.197 e. The number of fused-ring (bicyclic) bond motifs is 2. The Morgan fingerprint density at radius 1 is 1.14 bits per heavy atom. The second-order valence-electron chi connectivity index (χ2n) is 5.03. The first kappa shape index (κ1) is 15.2. The number of rotatable bonds is 4. The first-order chi connectivity index (χ1) is 10.6. The molecule has 2 aromatic carbocycles. The van der Waals surface area contributed by atoms with E-state index in [0.717, 1.165) is 5.69 Å². The van der Waals surface area contributed by atoms with Crippen molar-refractivity contribution in [1.29, 1.82) is 0 Å². The van der Waals surface area contributed by atoms with Crippen LogP contribution in [0.5, 0.6) is 0 Å². The van der Waals surface area contributed by atoms with Gasteiger partial charge >= 0.3 is 0 Å². The average molecular weight is 337 g/mol. The number of nitrogens with one attached hydrogen (secondary N) is 2. The quantitative estimate of drug-likeness (QED) is 0.505. The van der Waals surface area contributed by atoms with E-state index in [0.29, 0.717) is 33.4 Å². The molecule has 1 aromatic heterocycles. The molecule has 0 fully saturated rings. The van der Waals surface area contributed by atoms with Crippen molar-refractivity contribution in [3.05, 3.63) is 51.6 Å². The summed E-state index contributed by atoms with van der Waals surface area (Å²) in [6.45, 7) is 0.297. The molecule has 0 bridgehead atoms. The number of para-hydroxylation sites is 2. The van der Waals surface area contributed by atoms with Gasteiger partial charge in [0.25, 0.3) is 0 Å². The van der Waals surface area contributed by atoms with Crippen molar-refractivity contribution in [2.24, 2.45) is 0 Å². The second-order valence-corrected chi connectivity index (χ2v) is 5.75. The summed E-state index contributed by atoms with van der Waals surface area (Å²) in [5, 5.41) is 14.3. The zero-order chi connectivity index (χ0) is 15.7. The molecule has 1 atom stereocenters. The molecule has 0 aliphatic carbocycles. The lowest BCUT2D eigenvalue weighted by atomic mass is 10.1. The van der Waals surface area contributed by atoms with E-state index in [1.54, 1.807) is 30.3 Å². The molecule has 1 unspecified atom stereocenters. The molecule has 3 N–H and O–H groups in total. The third kappa shape index (κ3) is 2.65. The van der Waals surface area contributed by atoms with Gasteiger partial charge in [-0.25, -0.2) is 0 Å². The molecule has 0 amide bonds. The number of benzene rings is 2. The van der Waals surface area contributed by atoms with Crippen molar-refractivity contribution in [2.75, 3.05) is 17.7 Å². The first-order valence-electron chi connectivity index (χ1n) is 6.83. The number of halogens is 2. The molecule has 0 aliphatic heterocycles. The van der Waals surface area contributed by atoms with Gasteiger partial charge in [0, 0.05) is 17.3 Å². The number of pyridine rings is 1. The van der Waals surface area contributed by atoms with Crippen molar-refractivity contribution in [3.8, 4) is 0 Å². The Morgan fingerprint density at radius 3 is 2.55 bits per heavy atom. The molecule has 114 valence electrons. The number of alkyl halides is 1. The maximum Gasteiger partial charge on any atom is 0.197 e. The van der Waals surface area contributed by atoms with E-state index in [-0.39, 0.29) is 11.3 Å². The van der Waals surface area contributed by atoms with Crippen LogP contribution in [0.1, 0.15) is 0 Å². The fourth-order valence-electron chi connectivity index (χ4n) is 2.42. The van der Waals surface area contributed by atoms with Crippen LogP contribution in [0.15, 0.2) is 41.2 Å². The van der Waals surface area contributed by atoms with Crippen LogP contribution < -0.4 is 10.7 Å². The topological polar surface area (TPSA) is 65.1 Å². The predicted octanol–water partition coefficient (Wildman–Crippen LogP) is 3.35. The van der Waals surface area contributed by atoms with Gasteiger partial charge in [-0.05, 0) is 24.3 Å². The van der Waals surface area contributed by atoms with Crippen molar-refractivity contribution in [1.82, 2.24) is 4.98 Å². The van der Waals surface area contributed by atoms with Crippen LogP contribution in [0.2, 0.25) is 5.02 Å². The van der Waals surface area contributed by atoms with Gasteiger partial charge in [-0.3, -0.25) is 4.79 Å². The normalized spacial score (nSPS) is 12.7. The summed E-state index contributed by atoms with van der Waals surface area (Å²) < 4.78 is 0. The van der Waals surface area contributed by atoms with Crippen molar-refractivity contribution in [2.45, 2.75) is 6.10 Å². The number of aromatic nitrogens is 1. The maximum atomic E-state index is 12.6. The summed E-state index contributed by atoms with van der Waals surface area (Å²) in [5.41, 5.74) is 1.91. The number of aromatic amines is 1. The number of aliphatic hydroxyl groups is 1. The van der Waals surface area contributed by atoms with Gasteiger partial charge in [-0.2, -0.15) is 0 Å². The lowest BCUT2D eigenvalue weighted by molar-refractivity contribution is 0.211. The summed E-state index contributed by atoms with van der Waals surface area (Å²) >= 11 is 11.8. The zero-order valence-electron chi connectivity index (χ0n) is 11.6. The van der Waals surface area contributed by atoms with Crippen molar-refractivity contribution in [3.63, 3.8) is 0 Å². The van der Waals surface area contributed by atoms with Crippen LogP contribution in [0.3, 0.4) is 0 Å². The number of aliphatic hydroxyl groups excluding tert-OH is 1. The number of anilines is 1. The molecule has 1 heterocycles. The summed E-state index contributed by atoms with van der Waals surface area (Å²) in [6.07, 6.45) is -0.660. The third-order valence-corrected chi connectivity index (χ3v) is 4.19. The highest BCUT2D eigenvalue weighted by Gasteiger charge is 2.11. The van der Waals surface area contributed by atoms with E-state index < -0.39 is 6.10 Å². The highest BCUT2D eigenvalue weighted by molar-refractivity contribution is 6.35. The highest BCUT2D eigenvalue weighted by Crippen LogP contribution is 2.25. The van der Waals surface area contributed by atoms with Gasteiger partial charge in [0.1, 0.15) is 0 Å². The molecule has 3 aromatic rings. The van der Waals surface area contributed by atoms with E-state index in [1.807, 2.05) is 6.07 Å². The molecule has 3 rings (SSSR count). The standard InChI is InChI=1S/C16H14Cl2N2O2/c17-7-9(21)8-19-13-6-2-4-11-15(13)20-14-10(16(11)22)3-1-5-12(14)18/h1-6,9,19,21H,7-8H2,(H,20,22). The van der Waals surface area contributed by atoms with Gasteiger partial charge in [0.15, 0.2) is 5.43 Å². The Bertz CT molecular complexity index is 892. The van der Waals surface area contributed by atoms with E-state index in [1.165, 1.54) is 0 Å². The Kier molecular flexibility index (Phi) is 4.25. The lowest BCUT2D eigenvalue weighted by Crippen LogP contribution is -2.21. The van der Waals surface area contributed by atoms with Crippen LogP contribution in [0, 0.1) is 0 Å². The SMILES string of the molecule is O=c1c2cccc(Cl)c2[nH]c2c(NCC(O)CCl)cccc12. The minimum absolute atomic E-state index is 0.0761. The van der Waals surface area contributed by atoms with Gasteiger partial charge in [-0.1, -0.05) is 23.7 Å². The Labute approximate surface area is 136 Å². The summed E-state index contributed by atoms with van der Waals surface area (Å²) in [7, 11) is 0. The van der Waals surface area contributed by atoms with Gasteiger partial charge < -0.3 is 15.4 Å². The Balaban J connectivity index is 2.21. The van der Waals surface area contributed by atoms with E-state index >= 15 is 0 Å². The van der Waals surface area contributed by atoms with Crippen LogP contribution >= 0.6 is 23.2 Å². The fraction of sp³-hybridized carbons (Fsp3) is 0.188. The van der Waals surface area contributed by atoms with Crippen LogP contribution in [-0.2, 0) is 0 Å². The van der Waals surface area contributed by atoms with Crippen LogP contribution in [0.4, 0.5) is 5.69 Å². The van der Waals surface area contributed by atoms with Crippen LogP contribution in [-0.4, -0.2) is 28.6 Å². The van der Waals surface area contributed by atoms with Gasteiger partial charge in [-0.15, -0.1) is 11.6 Å². The molecule has 22 heavy (non-hydrogen) atoms. The molecule has 0 saturated carbocycles. The average Bonchev–Trinajstić information content (AvgIpc) is 2.54. The third-order valence-electron chi connectivity index (χ3n) is 3.52. The fourth-order valence-corrected chi connectivity index (χ4v) is 2.75. The zero-order valence-corrected chi connectivity index (χ0v) is 13.1. The monoisotopic (exact) mass is 336 g/mol. The summed E-state index contributed by atoms with van der Waals surface area (Å²) in [4.78, 5) is 15.8. The lowest BCUT2D eigenvalue weighted by Gasteiger charge is -2.13. The largest absolute Gasteiger partial charge is 0.390 e. The Morgan fingerprint density at radius 2 is 1.82 bits per heavy atom. The summed E-state index contributed by atoms with van der Waals surface area (Å²) in [6, 6.07) is 10.6. The van der Waals surface area contributed by atoms with Gasteiger partial charge in [0.2, 0.25) is 0 Å². The minimum Gasteiger partial charge on any atom is -0.390 e. The molecular formula is C16H14Cl2N2O2. The maximum absolute atomic E-state index is 12.6.